The van der Waals surface area contributed by atoms with Crippen molar-refractivity contribution in [3.05, 3.63) is 64.2 Å². The number of nitrogens with zero attached hydrogens (tertiary/aromatic N) is 1. The van der Waals surface area contributed by atoms with E-state index in [9.17, 15) is 20.0 Å². The van der Waals surface area contributed by atoms with E-state index in [2.05, 4.69) is 4.72 Å². The lowest BCUT2D eigenvalue weighted by atomic mass is 10.2. The topological polar surface area (TPSA) is 95.3 Å². The standard InChI is InChI=1S/C13H10N2O4S/c16-13(17)9-4-3-5-10(8-9)14-20-12-7-2-1-6-11(12)15(18)19/h1-8,14H,(H,16,17)/p-1. The summed E-state index contributed by atoms with van der Waals surface area (Å²) in [5.41, 5.74) is 0.550. The molecule has 20 heavy (non-hydrogen) atoms. The fraction of sp³-hybridized carbons (Fsp3) is 0. The number of nitro groups is 1. The second-order valence-electron chi connectivity index (χ2n) is 3.80. The fourth-order valence-electron chi connectivity index (χ4n) is 1.52. The first-order chi connectivity index (χ1) is 9.58. The molecule has 2 aromatic carbocycles. The molecule has 0 saturated heterocycles. The van der Waals surface area contributed by atoms with E-state index >= 15 is 0 Å². The molecule has 2 aromatic rings. The maximum absolute atomic E-state index is 10.9. The predicted molar refractivity (Wildman–Crippen MR) is 73.3 cm³/mol. The zero-order chi connectivity index (χ0) is 14.5. The van der Waals surface area contributed by atoms with Crippen LogP contribution in [0.4, 0.5) is 11.4 Å². The van der Waals surface area contributed by atoms with Gasteiger partial charge in [0.05, 0.1) is 10.9 Å². The molecular formula is C13H9N2O4S-. The minimum absolute atomic E-state index is 0.0129. The van der Waals surface area contributed by atoms with Crippen LogP contribution in [0.1, 0.15) is 10.4 Å². The number of carboxylic acids is 1. The summed E-state index contributed by atoms with van der Waals surface area (Å²) < 4.78 is 2.87. The van der Waals surface area contributed by atoms with Crippen molar-refractivity contribution < 1.29 is 14.8 Å². The van der Waals surface area contributed by atoms with Crippen molar-refractivity contribution in [1.29, 1.82) is 0 Å². The third kappa shape index (κ3) is 3.27. The molecule has 2 rings (SSSR count). The Morgan fingerprint density at radius 2 is 1.90 bits per heavy atom. The Kier molecular flexibility index (Phi) is 4.21. The Bertz CT molecular complexity index is 660. The van der Waals surface area contributed by atoms with Crippen LogP contribution in [0.5, 0.6) is 0 Å². The third-order valence-electron chi connectivity index (χ3n) is 2.44. The quantitative estimate of drug-likeness (QED) is 0.514. The van der Waals surface area contributed by atoms with E-state index in [0.29, 0.717) is 10.6 Å². The molecular weight excluding hydrogens is 280 g/mol. The predicted octanol–water partition coefficient (Wildman–Crippen LogP) is 2.08. The van der Waals surface area contributed by atoms with E-state index in [1.807, 2.05) is 0 Å². The summed E-state index contributed by atoms with van der Waals surface area (Å²) in [6.45, 7) is 0. The van der Waals surface area contributed by atoms with Crippen LogP contribution in [0.2, 0.25) is 0 Å². The number of aromatic carboxylic acids is 1. The van der Waals surface area contributed by atoms with Crippen LogP contribution < -0.4 is 9.83 Å². The van der Waals surface area contributed by atoms with Gasteiger partial charge in [-0.15, -0.1) is 0 Å². The zero-order valence-electron chi connectivity index (χ0n) is 10.1. The Labute approximate surface area is 118 Å². The fourth-order valence-corrected chi connectivity index (χ4v) is 2.27. The zero-order valence-corrected chi connectivity index (χ0v) is 10.9. The molecule has 102 valence electrons. The maximum Gasteiger partial charge on any atom is 0.284 e. The van der Waals surface area contributed by atoms with Gasteiger partial charge in [-0.2, -0.15) is 0 Å². The summed E-state index contributed by atoms with van der Waals surface area (Å²) in [5, 5.41) is 21.6. The number of carbonyl (C=O) groups excluding carboxylic acids is 1. The summed E-state index contributed by atoms with van der Waals surface area (Å²) in [6, 6.07) is 12.3. The van der Waals surface area contributed by atoms with E-state index in [1.54, 1.807) is 30.3 Å². The summed E-state index contributed by atoms with van der Waals surface area (Å²) in [5.74, 6) is -1.27. The number of carboxylic acid groups (broad SMARTS) is 1. The van der Waals surface area contributed by atoms with Crippen molar-refractivity contribution in [3.63, 3.8) is 0 Å². The molecule has 0 fully saturated rings. The summed E-state index contributed by atoms with van der Waals surface area (Å²) in [6.07, 6.45) is 0. The Hall–Kier alpha value is -2.54. The number of hydrogen-bond acceptors (Lipinski definition) is 6. The molecule has 0 heterocycles. The average Bonchev–Trinajstić information content (AvgIpc) is 2.45. The van der Waals surface area contributed by atoms with Gasteiger partial charge in [0.25, 0.3) is 5.69 Å². The largest absolute Gasteiger partial charge is 0.545 e. The lowest BCUT2D eigenvalue weighted by Crippen LogP contribution is -2.22. The van der Waals surface area contributed by atoms with Crippen molar-refractivity contribution in [2.45, 2.75) is 4.90 Å². The average molecular weight is 289 g/mol. The Morgan fingerprint density at radius 3 is 2.60 bits per heavy atom. The molecule has 0 aliphatic rings. The second-order valence-corrected chi connectivity index (χ2v) is 4.65. The lowest BCUT2D eigenvalue weighted by molar-refractivity contribution is -0.387. The second kappa shape index (κ2) is 6.07. The highest BCUT2D eigenvalue weighted by molar-refractivity contribution is 8.00. The van der Waals surface area contributed by atoms with Gasteiger partial charge >= 0.3 is 0 Å². The van der Waals surface area contributed by atoms with Gasteiger partial charge in [-0.3, -0.25) is 10.1 Å². The SMILES string of the molecule is O=C([O-])c1cccc(NSc2ccccc2[N+](=O)[O-])c1. The molecule has 6 nitrogen and oxygen atoms in total. The van der Waals surface area contributed by atoms with Crippen LogP contribution in [0.15, 0.2) is 53.4 Å². The number of nitro benzene ring substituents is 1. The van der Waals surface area contributed by atoms with Gasteiger partial charge in [-0.1, -0.05) is 24.3 Å². The number of benzene rings is 2. The van der Waals surface area contributed by atoms with Gasteiger partial charge in [-0.05, 0) is 35.7 Å². The Balaban J connectivity index is 2.15. The number of para-hydroxylation sites is 1. The van der Waals surface area contributed by atoms with E-state index in [4.69, 9.17) is 0 Å². The summed E-state index contributed by atoms with van der Waals surface area (Å²) in [4.78, 5) is 21.6. The first kappa shape index (κ1) is 13.9. The summed E-state index contributed by atoms with van der Waals surface area (Å²) in [7, 11) is 0. The lowest BCUT2D eigenvalue weighted by Gasteiger charge is -2.08. The molecule has 0 atom stereocenters. The highest BCUT2D eigenvalue weighted by Crippen LogP contribution is 2.29. The van der Waals surface area contributed by atoms with Gasteiger partial charge in [0, 0.05) is 11.8 Å². The van der Waals surface area contributed by atoms with Gasteiger partial charge in [0.2, 0.25) is 0 Å². The number of anilines is 1. The maximum atomic E-state index is 10.9. The normalized spacial score (nSPS) is 10.0. The molecule has 1 N–H and O–H groups in total. The highest BCUT2D eigenvalue weighted by Gasteiger charge is 2.12. The van der Waals surface area contributed by atoms with Crippen LogP contribution in [-0.2, 0) is 0 Å². The van der Waals surface area contributed by atoms with Crippen molar-refractivity contribution >= 4 is 29.3 Å². The number of rotatable bonds is 5. The van der Waals surface area contributed by atoms with E-state index in [-0.39, 0.29) is 11.3 Å². The van der Waals surface area contributed by atoms with Crippen LogP contribution in [0, 0.1) is 10.1 Å². The minimum Gasteiger partial charge on any atom is -0.545 e. The van der Waals surface area contributed by atoms with Crippen LogP contribution in [0.3, 0.4) is 0 Å². The first-order valence-corrected chi connectivity index (χ1v) is 6.37. The first-order valence-electron chi connectivity index (χ1n) is 5.55. The van der Waals surface area contributed by atoms with E-state index < -0.39 is 10.9 Å². The minimum atomic E-state index is -1.27. The van der Waals surface area contributed by atoms with Crippen molar-refractivity contribution in [2.24, 2.45) is 0 Å². The van der Waals surface area contributed by atoms with Gasteiger partial charge in [0.1, 0.15) is 4.90 Å². The van der Waals surface area contributed by atoms with Crippen molar-refractivity contribution in [3.8, 4) is 0 Å². The van der Waals surface area contributed by atoms with Crippen molar-refractivity contribution in [1.82, 2.24) is 0 Å². The van der Waals surface area contributed by atoms with Crippen LogP contribution >= 0.6 is 11.9 Å². The van der Waals surface area contributed by atoms with Gasteiger partial charge < -0.3 is 14.6 Å². The molecule has 7 heteroatoms. The van der Waals surface area contributed by atoms with Crippen molar-refractivity contribution in [2.75, 3.05) is 4.72 Å². The van der Waals surface area contributed by atoms with E-state index in [0.717, 1.165) is 11.9 Å². The Morgan fingerprint density at radius 1 is 1.15 bits per heavy atom. The molecule has 0 spiro atoms. The highest BCUT2D eigenvalue weighted by atomic mass is 32.2. The molecule has 0 amide bonds. The molecule has 0 aromatic heterocycles. The summed E-state index contributed by atoms with van der Waals surface area (Å²) >= 11 is 1.04. The number of nitrogens with one attached hydrogen (secondary N) is 1. The molecule has 0 unspecified atom stereocenters. The third-order valence-corrected chi connectivity index (χ3v) is 3.34. The van der Waals surface area contributed by atoms with Gasteiger partial charge in [0.15, 0.2) is 0 Å². The smallest absolute Gasteiger partial charge is 0.284 e. The number of hydrogen-bond donors (Lipinski definition) is 1. The molecule has 0 saturated carbocycles. The molecule has 0 bridgehead atoms. The monoisotopic (exact) mass is 289 g/mol. The van der Waals surface area contributed by atoms with Crippen LogP contribution in [-0.4, -0.2) is 10.9 Å². The van der Waals surface area contributed by atoms with Crippen LogP contribution in [0.25, 0.3) is 0 Å². The molecule has 0 aliphatic heterocycles. The van der Waals surface area contributed by atoms with Gasteiger partial charge in [-0.25, -0.2) is 0 Å². The number of carbonyl (C=O) groups is 1. The molecule has 0 radical (unpaired) electrons. The molecule has 0 aliphatic carbocycles. The van der Waals surface area contributed by atoms with E-state index in [1.165, 1.54) is 18.2 Å².